The number of pyridine rings is 1. The first kappa shape index (κ1) is 19.5. The summed E-state index contributed by atoms with van der Waals surface area (Å²) in [6.07, 6.45) is 2.46. The van der Waals surface area contributed by atoms with Gasteiger partial charge in [-0.05, 0) is 63.6 Å². The van der Waals surface area contributed by atoms with Gasteiger partial charge in [0.15, 0.2) is 0 Å². The Morgan fingerprint density at radius 1 is 1.33 bits per heavy atom. The summed E-state index contributed by atoms with van der Waals surface area (Å²) in [5.74, 6) is 0.914. The maximum absolute atomic E-state index is 12.2. The van der Waals surface area contributed by atoms with E-state index >= 15 is 0 Å². The summed E-state index contributed by atoms with van der Waals surface area (Å²) in [6.45, 7) is 6.96. The first-order valence-corrected chi connectivity index (χ1v) is 9.63. The first-order chi connectivity index (χ1) is 12.7. The molecular weight excluding hydrogens is 366 g/mol. The number of phenols is 1. The highest BCUT2D eigenvalue weighted by Crippen LogP contribution is 2.31. The number of carbonyl (C=O) groups excluding carboxylic acids is 1. The number of benzene rings is 1. The number of halogens is 1. The predicted molar refractivity (Wildman–Crippen MR) is 108 cm³/mol. The third kappa shape index (κ3) is 5.16. The van der Waals surface area contributed by atoms with Crippen molar-refractivity contribution in [3.05, 3.63) is 29.4 Å². The number of aromatic nitrogens is 1. The minimum Gasteiger partial charge on any atom is -0.508 e. The van der Waals surface area contributed by atoms with Crippen LogP contribution in [0, 0.1) is 0 Å². The van der Waals surface area contributed by atoms with Crippen LogP contribution in [0.25, 0.3) is 10.8 Å². The molecule has 1 aromatic heterocycles. The number of amides is 1. The number of aromatic hydroxyl groups is 1. The normalized spacial score (nSPS) is 18.2. The van der Waals surface area contributed by atoms with E-state index in [1.807, 2.05) is 26.8 Å². The van der Waals surface area contributed by atoms with E-state index in [-0.39, 0.29) is 11.8 Å². The van der Waals surface area contributed by atoms with E-state index < -0.39 is 11.7 Å². The summed E-state index contributed by atoms with van der Waals surface area (Å²) in [4.78, 5) is 18.8. The molecule has 0 bridgehead atoms. The van der Waals surface area contributed by atoms with Crippen molar-refractivity contribution in [3.8, 4) is 5.75 Å². The average Bonchev–Trinajstić information content (AvgIpc) is 2.78. The summed E-state index contributed by atoms with van der Waals surface area (Å²) in [6, 6.07) is 6.91. The fourth-order valence-corrected chi connectivity index (χ4v) is 3.55. The highest BCUT2D eigenvalue weighted by Gasteiger charge is 2.25. The molecule has 0 spiro atoms. The van der Waals surface area contributed by atoms with Gasteiger partial charge in [-0.15, -0.1) is 0 Å². The van der Waals surface area contributed by atoms with Gasteiger partial charge in [-0.2, -0.15) is 0 Å². The van der Waals surface area contributed by atoms with Crippen LogP contribution < -0.4 is 10.2 Å². The summed E-state index contributed by atoms with van der Waals surface area (Å²) in [5.41, 5.74) is -0.531. The molecule has 0 saturated carbocycles. The molecule has 2 aromatic rings. The molecule has 1 aromatic carbocycles. The molecule has 146 valence electrons. The largest absolute Gasteiger partial charge is 0.508 e. The van der Waals surface area contributed by atoms with Crippen molar-refractivity contribution in [2.45, 2.75) is 51.7 Å². The number of nitrogens with one attached hydrogen (secondary N) is 1. The number of hydrogen-bond acceptors (Lipinski definition) is 5. The van der Waals surface area contributed by atoms with Crippen LogP contribution in [-0.4, -0.2) is 40.9 Å². The quantitative estimate of drug-likeness (QED) is 0.738. The minimum atomic E-state index is -0.531. The van der Waals surface area contributed by atoms with Crippen LogP contribution in [0.1, 0.15) is 40.0 Å². The van der Waals surface area contributed by atoms with Gasteiger partial charge < -0.3 is 20.1 Å². The molecule has 2 N–H and O–H groups in total. The van der Waals surface area contributed by atoms with Crippen LogP contribution in [0.2, 0.25) is 5.15 Å². The van der Waals surface area contributed by atoms with Gasteiger partial charge >= 0.3 is 6.09 Å². The molecule has 27 heavy (non-hydrogen) atoms. The van der Waals surface area contributed by atoms with Crippen LogP contribution in [0.15, 0.2) is 24.3 Å². The number of ether oxygens (including phenoxy) is 1. The van der Waals surface area contributed by atoms with E-state index in [2.05, 4.69) is 15.2 Å². The molecule has 1 saturated heterocycles. The van der Waals surface area contributed by atoms with Crippen molar-refractivity contribution in [1.29, 1.82) is 0 Å². The third-order valence-electron chi connectivity index (χ3n) is 4.46. The summed E-state index contributed by atoms with van der Waals surface area (Å²) < 4.78 is 5.39. The number of hydrogen-bond donors (Lipinski definition) is 2. The number of carbonyl (C=O) groups is 1. The number of rotatable bonds is 2. The minimum absolute atomic E-state index is 0.0458. The first-order valence-electron chi connectivity index (χ1n) is 9.25. The van der Waals surface area contributed by atoms with Crippen molar-refractivity contribution >= 4 is 34.3 Å². The molecule has 1 aliphatic rings. The second-order valence-electron chi connectivity index (χ2n) is 7.96. The predicted octanol–water partition coefficient (Wildman–Crippen LogP) is 4.48. The summed E-state index contributed by atoms with van der Waals surface area (Å²) >= 11 is 6.23. The highest BCUT2D eigenvalue weighted by molar-refractivity contribution is 6.30. The van der Waals surface area contributed by atoms with Gasteiger partial charge in [-0.25, -0.2) is 9.78 Å². The topological polar surface area (TPSA) is 74.7 Å². The van der Waals surface area contributed by atoms with Crippen molar-refractivity contribution in [2.24, 2.45) is 0 Å². The number of anilines is 1. The van der Waals surface area contributed by atoms with E-state index in [4.69, 9.17) is 16.3 Å². The Balaban J connectivity index is 1.85. The number of phenolic OH excluding ortho intramolecular Hbond substituents is 1. The molecule has 1 fully saturated rings. The van der Waals surface area contributed by atoms with Gasteiger partial charge in [-0.3, -0.25) is 0 Å². The van der Waals surface area contributed by atoms with E-state index in [1.165, 1.54) is 0 Å². The third-order valence-corrected chi connectivity index (χ3v) is 4.65. The fourth-order valence-electron chi connectivity index (χ4n) is 3.35. The Labute approximate surface area is 164 Å². The average molecular weight is 392 g/mol. The zero-order valence-electron chi connectivity index (χ0n) is 16.0. The van der Waals surface area contributed by atoms with Crippen molar-refractivity contribution in [3.63, 3.8) is 0 Å². The van der Waals surface area contributed by atoms with Gasteiger partial charge in [0.2, 0.25) is 0 Å². The van der Waals surface area contributed by atoms with Crippen molar-refractivity contribution in [2.75, 3.05) is 18.0 Å². The molecule has 1 amide bonds. The van der Waals surface area contributed by atoms with Gasteiger partial charge in [0.1, 0.15) is 22.3 Å². The van der Waals surface area contributed by atoms with Crippen molar-refractivity contribution in [1.82, 2.24) is 10.3 Å². The van der Waals surface area contributed by atoms with Gasteiger partial charge in [0.05, 0.1) is 0 Å². The molecule has 0 radical (unpaired) electrons. The standard InChI is InChI=1S/C20H26ClN3O3/c1-20(2,3)27-19(26)22-14-6-4-5-9-24(12-14)18-16-11-15(25)8-7-13(16)10-17(21)23-18/h7-8,10-11,14,25H,4-6,9,12H2,1-3H3,(H,22,26)/t14-/m0/s1. The lowest BCUT2D eigenvalue weighted by Crippen LogP contribution is -2.45. The van der Waals surface area contributed by atoms with E-state index in [0.717, 1.165) is 42.4 Å². The molecule has 3 rings (SSSR count). The number of fused-ring (bicyclic) bond motifs is 1. The zero-order valence-corrected chi connectivity index (χ0v) is 16.7. The maximum Gasteiger partial charge on any atom is 0.407 e. The lowest BCUT2D eigenvalue weighted by Gasteiger charge is -2.28. The van der Waals surface area contributed by atoms with Crippen LogP contribution in [0.4, 0.5) is 10.6 Å². The summed E-state index contributed by atoms with van der Waals surface area (Å²) in [7, 11) is 0. The Morgan fingerprint density at radius 2 is 2.11 bits per heavy atom. The lowest BCUT2D eigenvalue weighted by molar-refractivity contribution is 0.0504. The molecule has 6 nitrogen and oxygen atoms in total. The SMILES string of the molecule is CC(C)(C)OC(=O)N[C@H]1CCCCN(c2nc(Cl)cc3ccc(O)cc23)C1. The Bertz CT molecular complexity index is 835. The lowest BCUT2D eigenvalue weighted by atomic mass is 10.1. The maximum atomic E-state index is 12.2. The Hall–Kier alpha value is -2.21. The second-order valence-corrected chi connectivity index (χ2v) is 8.35. The zero-order chi connectivity index (χ0) is 19.6. The van der Waals surface area contributed by atoms with Gasteiger partial charge in [0.25, 0.3) is 0 Å². The molecule has 1 aliphatic heterocycles. The Kier molecular flexibility index (Phi) is 5.65. The molecule has 0 aliphatic carbocycles. The monoisotopic (exact) mass is 391 g/mol. The van der Waals surface area contributed by atoms with Crippen LogP contribution in [0.5, 0.6) is 5.75 Å². The van der Waals surface area contributed by atoms with E-state index in [0.29, 0.717) is 11.7 Å². The van der Waals surface area contributed by atoms with Crippen molar-refractivity contribution < 1.29 is 14.6 Å². The van der Waals surface area contributed by atoms with Gasteiger partial charge in [0, 0.05) is 24.5 Å². The van der Waals surface area contributed by atoms with E-state index in [9.17, 15) is 9.90 Å². The smallest absolute Gasteiger partial charge is 0.407 e. The molecule has 1 atom stereocenters. The number of alkyl carbamates (subject to hydrolysis) is 1. The summed E-state index contributed by atoms with van der Waals surface area (Å²) in [5, 5.41) is 15.1. The molecule has 2 heterocycles. The van der Waals surface area contributed by atoms with Crippen LogP contribution in [0.3, 0.4) is 0 Å². The van der Waals surface area contributed by atoms with Crippen LogP contribution in [-0.2, 0) is 4.74 Å². The van der Waals surface area contributed by atoms with Crippen LogP contribution >= 0.6 is 11.6 Å². The molecule has 7 heteroatoms. The molecule has 0 unspecified atom stereocenters. The molecular formula is C20H26ClN3O3. The van der Waals surface area contributed by atoms with E-state index in [1.54, 1.807) is 18.2 Å². The van der Waals surface area contributed by atoms with Gasteiger partial charge in [-0.1, -0.05) is 17.7 Å². The number of nitrogens with zero attached hydrogens (tertiary/aromatic N) is 2. The second kappa shape index (κ2) is 7.80. The fraction of sp³-hybridized carbons (Fsp3) is 0.500. The highest BCUT2D eigenvalue weighted by atomic mass is 35.5. The Morgan fingerprint density at radius 3 is 2.85 bits per heavy atom.